The van der Waals surface area contributed by atoms with Crippen LogP contribution in [0.25, 0.3) is 21.9 Å². The number of fused-ring (bicyclic) bond motifs is 2. The van der Waals surface area contributed by atoms with Crippen LogP contribution in [-0.4, -0.2) is 33.0 Å². The van der Waals surface area contributed by atoms with Crippen LogP contribution in [0.4, 0.5) is 11.4 Å². The SMILES string of the molecule is Cc1ccc(NC(=O)CN2C(=O)/C(=c3\sc4nc(-c5ccc(C(C)(C)C)cc5)nn4c3=O)c3ccccc32)cc1. The van der Waals surface area contributed by atoms with Crippen LogP contribution in [0.15, 0.2) is 77.6 Å². The van der Waals surface area contributed by atoms with Crippen LogP contribution in [0.1, 0.15) is 37.5 Å². The fourth-order valence-corrected chi connectivity index (χ4v) is 5.76. The minimum Gasteiger partial charge on any atom is -0.325 e. The molecule has 1 N–H and O–H groups in total. The predicted molar refractivity (Wildman–Crippen MR) is 158 cm³/mol. The lowest BCUT2D eigenvalue weighted by atomic mass is 9.87. The minimum atomic E-state index is -0.408. The molecule has 5 aromatic rings. The van der Waals surface area contributed by atoms with Gasteiger partial charge >= 0.3 is 0 Å². The first-order valence-corrected chi connectivity index (χ1v) is 13.7. The second-order valence-electron chi connectivity index (χ2n) is 10.9. The first kappa shape index (κ1) is 25.6. The van der Waals surface area contributed by atoms with Crippen molar-refractivity contribution in [3.05, 3.63) is 104 Å². The number of hydrogen-bond donors (Lipinski definition) is 1. The highest BCUT2D eigenvalue weighted by atomic mass is 32.1. The maximum atomic E-state index is 13.7. The molecule has 0 unspecified atom stereocenters. The van der Waals surface area contributed by atoms with Crippen molar-refractivity contribution in [1.82, 2.24) is 14.6 Å². The standard InChI is InChI=1S/C31H27N5O3S/c1-18-9-15-21(16-10-18)32-24(37)17-35-23-8-6-5-7-22(23)25(28(35)38)26-29(39)36-30(40-26)33-27(34-36)19-11-13-20(14-12-19)31(2,3)4/h5-16H,17H2,1-4H3,(H,32,37)/b26-25-. The van der Waals surface area contributed by atoms with Gasteiger partial charge in [0.15, 0.2) is 5.82 Å². The maximum Gasteiger partial charge on any atom is 0.291 e. The molecule has 0 saturated heterocycles. The molecular formula is C31H27N5O3S. The summed E-state index contributed by atoms with van der Waals surface area (Å²) in [6.07, 6.45) is 0. The van der Waals surface area contributed by atoms with Gasteiger partial charge in [0.05, 0.1) is 11.3 Å². The summed E-state index contributed by atoms with van der Waals surface area (Å²) in [5, 5.41) is 7.31. The molecule has 0 radical (unpaired) electrons. The fourth-order valence-electron chi connectivity index (χ4n) is 4.76. The van der Waals surface area contributed by atoms with Crippen LogP contribution >= 0.6 is 11.3 Å². The zero-order chi connectivity index (χ0) is 28.2. The molecule has 0 aliphatic carbocycles. The summed E-state index contributed by atoms with van der Waals surface area (Å²) in [6, 6.07) is 22.6. The molecule has 40 heavy (non-hydrogen) atoms. The van der Waals surface area contributed by atoms with E-state index >= 15 is 0 Å². The molecule has 0 spiro atoms. The summed E-state index contributed by atoms with van der Waals surface area (Å²) in [6.45, 7) is 8.23. The van der Waals surface area contributed by atoms with E-state index in [4.69, 9.17) is 0 Å². The molecule has 2 amide bonds. The third-order valence-corrected chi connectivity index (χ3v) is 7.98. The third kappa shape index (κ3) is 4.48. The number of benzene rings is 3. The first-order valence-electron chi connectivity index (χ1n) is 12.9. The van der Waals surface area contributed by atoms with Crippen molar-refractivity contribution >= 4 is 45.1 Å². The molecule has 0 saturated carbocycles. The van der Waals surface area contributed by atoms with E-state index in [1.54, 1.807) is 18.2 Å². The molecular weight excluding hydrogens is 522 g/mol. The smallest absolute Gasteiger partial charge is 0.291 e. The Morgan fingerprint density at radius 2 is 1.65 bits per heavy atom. The minimum absolute atomic E-state index is 0.0220. The third-order valence-electron chi connectivity index (χ3n) is 6.95. The number of amides is 2. The van der Waals surface area contributed by atoms with Crippen molar-refractivity contribution in [3.8, 4) is 11.4 Å². The Balaban J connectivity index is 1.35. The fraction of sp³-hybridized carbons (Fsp3) is 0.194. The summed E-state index contributed by atoms with van der Waals surface area (Å²) < 4.78 is 1.51. The van der Waals surface area contributed by atoms with Crippen molar-refractivity contribution in [2.75, 3.05) is 16.8 Å². The molecule has 0 fully saturated rings. The second kappa shape index (κ2) is 9.53. The van der Waals surface area contributed by atoms with E-state index in [-0.39, 0.29) is 28.0 Å². The average molecular weight is 550 g/mol. The Morgan fingerprint density at radius 3 is 2.33 bits per heavy atom. The number of aromatic nitrogens is 3. The monoisotopic (exact) mass is 549 g/mol. The largest absolute Gasteiger partial charge is 0.325 e. The highest BCUT2D eigenvalue weighted by Gasteiger charge is 2.35. The highest BCUT2D eigenvalue weighted by Crippen LogP contribution is 2.35. The van der Waals surface area contributed by atoms with E-state index < -0.39 is 11.5 Å². The van der Waals surface area contributed by atoms with Gasteiger partial charge in [-0.25, -0.2) is 0 Å². The van der Waals surface area contributed by atoms with E-state index in [0.29, 0.717) is 27.7 Å². The van der Waals surface area contributed by atoms with Gasteiger partial charge in [0.1, 0.15) is 11.1 Å². The molecule has 6 rings (SSSR count). The number of para-hydroxylation sites is 1. The summed E-state index contributed by atoms with van der Waals surface area (Å²) in [5.74, 6) is -0.284. The zero-order valence-electron chi connectivity index (χ0n) is 22.6. The van der Waals surface area contributed by atoms with E-state index in [0.717, 1.165) is 22.5 Å². The molecule has 3 aromatic carbocycles. The Hall–Kier alpha value is -4.63. The van der Waals surface area contributed by atoms with Crippen molar-refractivity contribution in [2.45, 2.75) is 33.1 Å². The van der Waals surface area contributed by atoms with Crippen molar-refractivity contribution < 1.29 is 9.59 Å². The summed E-state index contributed by atoms with van der Waals surface area (Å²) in [7, 11) is 0. The molecule has 200 valence electrons. The second-order valence-corrected chi connectivity index (χ2v) is 11.9. The summed E-state index contributed by atoms with van der Waals surface area (Å²) in [5.41, 5.74) is 4.80. The number of nitrogens with zero attached hydrogens (tertiary/aromatic N) is 4. The predicted octanol–water partition coefficient (Wildman–Crippen LogP) is 4.33. The van der Waals surface area contributed by atoms with Crippen LogP contribution in [0, 0.1) is 6.92 Å². The van der Waals surface area contributed by atoms with Gasteiger partial charge in [0, 0.05) is 16.8 Å². The summed E-state index contributed by atoms with van der Waals surface area (Å²) >= 11 is 1.13. The molecule has 2 aromatic heterocycles. The Labute approximate surface area is 234 Å². The number of carbonyl (C=O) groups excluding carboxylic acids is 2. The van der Waals surface area contributed by atoms with E-state index in [1.807, 2.05) is 61.5 Å². The average Bonchev–Trinajstić information content (AvgIpc) is 3.56. The van der Waals surface area contributed by atoms with Gasteiger partial charge in [-0.05, 0) is 36.1 Å². The lowest BCUT2D eigenvalue weighted by Crippen LogP contribution is -2.37. The Morgan fingerprint density at radius 1 is 0.950 bits per heavy atom. The number of anilines is 2. The molecule has 1 aliphatic rings. The number of rotatable bonds is 4. The Bertz CT molecular complexity index is 1900. The quantitative estimate of drug-likeness (QED) is 0.360. The van der Waals surface area contributed by atoms with Gasteiger partial charge in [0.25, 0.3) is 11.5 Å². The maximum absolute atomic E-state index is 13.7. The van der Waals surface area contributed by atoms with Gasteiger partial charge < -0.3 is 5.32 Å². The number of thiazole rings is 1. The number of carbonyl (C=O) groups is 2. The van der Waals surface area contributed by atoms with Crippen LogP contribution in [0.3, 0.4) is 0 Å². The van der Waals surface area contributed by atoms with E-state index in [1.165, 1.54) is 15.0 Å². The van der Waals surface area contributed by atoms with Gasteiger partial charge in [-0.3, -0.25) is 19.3 Å². The van der Waals surface area contributed by atoms with Crippen LogP contribution in [-0.2, 0) is 15.0 Å². The van der Waals surface area contributed by atoms with Gasteiger partial charge in [-0.15, -0.1) is 5.10 Å². The first-order chi connectivity index (χ1) is 19.1. The zero-order valence-corrected chi connectivity index (χ0v) is 23.4. The van der Waals surface area contributed by atoms with E-state index in [9.17, 15) is 14.4 Å². The lowest BCUT2D eigenvalue weighted by molar-refractivity contribution is -0.118. The van der Waals surface area contributed by atoms with Crippen molar-refractivity contribution in [3.63, 3.8) is 0 Å². The van der Waals surface area contributed by atoms with Crippen LogP contribution in [0.5, 0.6) is 0 Å². The van der Waals surface area contributed by atoms with Gasteiger partial charge in [0.2, 0.25) is 10.9 Å². The molecule has 0 atom stereocenters. The van der Waals surface area contributed by atoms with E-state index in [2.05, 4.69) is 36.2 Å². The molecule has 1 aliphatic heterocycles. The van der Waals surface area contributed by atoms with Crippen molar-refractivity contribution in [1.29, 1.82) is 0 Å². The highest BCUT2D eigenvalue weighted by molar-refractivity contribution is 7.15. The van der Waals surface area contributed by atoms with Crippen molar-refractivity contribution in [2.24, 2.45) is 0 Å². The normalized spacial score (nSPS) is 14.6. The van der Waals surface area contributed by atoms with Gasteiger partial charge in [-0.2, -0.15) is 9.50 Å². The number of aryl methyl sites for hydroxylation is 1. The molecule has 8 nitrogen and oxygen atoms in total. The number of nitrogens with one attached hydrogen (secondary N) is 1. The molecule has 9 heteroatoms. The van der Waals surface area contributed by atoms with Crippen LogP contribution in [0.2, 0.25) is 0 Å². The van der Waals surface area contributed by atoms with Crippen LogP contribution < -0.4 is 20.3 Å². The lowest BCUT2D eigenvalue weighted by Gasteiger charge is -2.18. The molecule has 3 heterocycles. The number of hydrogen-bond acceptors (Lipinski definition) is 6. The summed E-state index contributed by atoms with van der Waals surface area (Å²) in [4.78, 5) is 46.5. The van der Waals surface area contributed by atoms with Gasteiger partial charge in [-0.1, -0.05) is 92.3 Å². The molecule has 0 bridgehead atoms. The topological polar surface area (TPSA) is 96.7 Å². The Kier molecular flexibility index (Phi) is 6.11.